The number of halogens is 4. The lowest BCUT2D eigenvalue weighted by atomic mass is 9.68. The maximum atomic E-state index is 16.0. The minimum absolute atomic E-state index is 0.0221. The molecule has 0 radical (unpaired) electrons. The minimum Gasteiger partial charge on any atom is -0.367 e. The average Bonchev–Trinajstić information content (AvgIpc) is 3.44. The molecule has 3 aliphatic rings. The van der Waals surface area contributed by atoms with Gasteiger partial charge in [0.2, 0.25) is 0 Å². The van der Waals surface area contributed by atoms with Crippen LogP contribution in [0.15, 0.2) is 48.5 Å². The van der Waals surface area contributed by atoms with E-state index in [-0.39, 0.29) is 38.2 Å². The molecule has 44 heavy (non-hydrogen) atoms. The first-order chi connectivity index (χ1) is 21.1. The summed E-state index contributed by atoms with van der Waals surface area (Å²) in [5.41, 5.74) is 1.02. The number of rotatable bonds is 6. The van der Waals surface area contributed by atoms with E-state index in [0.717, 1.165) is 12.8 Å². The number of benzene rings is 3. The maximum absolute atomic E-state index is 16.0. The number of nitro groups is 2. The van der Waals surface area contributed by atoms with Crippen LogP contribution >= 0.6 is 23.2 Å². The van der Waals surface area contributed by atoms with Crippen LogP contribution in [-0.4, -0.2) is 22.9 Å². The van der Waals surface area contributed by atoms with Gasteiger partial charge in [-0.1, -0.05) is 54.6 Å². The maximum Gasteiger partial charge on any atom is 0.288 e. The highest BCUT2D eigenvalue weighted by atomic mass is 35.5. The molecule has 0 aromatic heterocycles. The smallest absolute Gasteiger partial charge is 0.288 e. The van der Waals surface area contributed by atoms with E-state index in [2.05, 4.69) is 0 Å². The van der Waals surface area contributed by atoms with Crippen molar-refractivity contribution in [1.82, 2.24) is 0 Å². The Hall–Kier alpha value is -3.50. The lowest BCUT2D eigenvalue weighted by Gasteiger charge is -2.45. The fraction of sp³-hybridized carbons (Fsp3) is 0.438. The van der Waals surface area contributed by atoms with Gasteiger partial charge in [-0.25, -0.2) is 8.78 Å². The van der Waals surface area contributed by atoms with Crippen molar-refractivity contribution in [2.45, 2.75) is 69.9 Å². The van der Waals surface area contributed by atoms with E-state index in [0.29, 0.717) is 37.1 Å². The van der Waals surface area contributed by atoms with Crippen molar-refractivity contribution in [1.29, 1.82) is 0 Å². The number of nitro benzene ring substituents is 2. The highest BCUT2D eigenvalue weighted by molar-refractivity contribution is 6.33. The Morgan fingerprint density at radius 2 is 1.20 bits per heavy atom. The van der Waals surface area contributed by atoms with Gasteiger partial charge in [-0.3, -0.25) is 20.2 Å². The topological polar surface area (TPSA) is 92.8 Å². The quantitative estimate of drug-likeness (QED) is 0.196. The van der Waals surface area contributed by atoms with Gasteiger partial charge in [0.1, 0.15) is 15.7 Å². The molecule has 2 saturated heterocycles. The van der Waals surface area contributed by atoms with Crippen molar-refractivity contribution in [3.05, 3.63) is 102 Å². The normalized spacial score (nSPS) is 21.5. The molecular weight excluding hydrogens is 613 g/mol. The Balaban J connectivity index is 1.38. The summed E-state index contributed by atoms with van der Waals surface area (Å²) in [5.74, 6) is -1.37. The van der Waals surface area contributed by atoms with Gasteiger partial charge in [0.05, 0.1) is 21.9 Å². The Bertz CT molecular complexity index is 1510. The Morgan fingerprint density at radius 1 is 0.727 bits per heavy atom. The molecule has 3 aromatic carbocycles. The second-order valence-electron chi connectivity index (χ2n) is 12.3. The van der Waals surface area contributed by atoms with E-state index < -0.39 is 33.6 Å². The van der Waals surface area contributed by atoms with Crippen LogP contribution in [0.25, 0.3) is 0 Å². The van der Waals surface area contributed by atoms with Gasteiger partial charge in [-0.2, -0.15) is 0 Å². The Kier molecular flexibility index (Phi) is 8.41. The van der Waals surface area contributed by atoms with Crippen LogP contribution in [0.4, 0.5) is 31.5 Å². The van der Waals surface area contributed by atoms with Crippen molar-refractivity contribution in [3.63, 3.8) is 0 Å². The van der Waals surface area contributed by atoms with Crippen LogP contribution < -0.4 is 9.80 Å². The summed E-state index contributed by atoms with van der Waals surface area (Å²) in [6.07, 6.45) is 8.79. The second-order valence-corrected chi connectivity index (χ2v) is 13.1. The third-order valence-corrected chi connectivity index (χ3v) is 10.5. The minimum atomic E-state index is -0.687. The Labute approximate surface area is 263 Å². The highest BCUT2D eigenvalue weighted by Gasteiger charge is 2.40. The summed E-state index contributed by atoms with van der Waals surface area (Å²) < 4.78 is 31.9. The fourth-order valence-corrected chi connectivity index (χ4v) is 7.96. The first-order valence-electron chi connectivity index (χ1n) is 15.0. The zero-order valence-corrected chi connectivity index (χ0v) is 25.5. The molecule has 0 amide bonds. The lowest BCUT2D eigenvalue weighted by molar-refractivity contribution is -0.384. The largest absolute Gasteiger partial charge is 0.367 e. The molecule has 0 bridgehead atoms. The molecule has 2 atom stereocenters. The average molecular weight is 646 g/mol. The molecule has 2 heterocycles. The van der Waals surface area contributed by atoms with E-state index in [1.165, 1.54) is 68.5 Å². The molecule has 0 N–H and O–H groups in total. The van der Waals surface area contributed by atoms with Crippen LogP contribution in [0, 0.1) is 37.3 Å². The van der Waals surface area contributed by atoms with E-state index >= 15 is 8.78 Å². The molecule has 1 spiro atoms. The molecular formula is C32H32Cl2F2N4O4. The first kappa shape index (κ1) is 30.5. The van der Waals surface area contributed by atoms with Crippen molar-refractivity contribution in [2.75, 3.05) is 22.9 Å². The SMILES string of the molecule is O=[N+]([O-])c1cc(C2CCC(c3ccc(Cl)c([N+](=O)[O-])c3)N2c2cc(F)c(N3CCC4(CCCCC4)CC3)c(F)c2)ccc1Cl. The zero-order chi connectivity index (χ0) is 31.2. The van der Waals surface area contributed by atoms with Crippen molar-refractivity contribution < 1.29 is 18.6 Å². The molecule has 12 heteroatoms. The number of hydrogen-bond acceptors (Lipinski definition) is 6. The molecule has 2 aliphatic heterocycles. The van der Waals surface area contributed by atoms with Gasteiger partial charge in [0.25, 0.3) is 11.4 Å². The summed E-state index contributed by atoms with van der Waals surface area (Å²) >= 11 is 12.2. The van der Waals surface area contributed by atoms with Crippen LogP contribution in [0.2, 0.25) is 10.0 Å². The summed E-state index contributed by atoms with van der Waals surface area (Å²) in [4.78, 5) is 25.8. The van der Waals surface area contributed by atoms with Gasteiger partial charge in [0.15, 0.2) is 11.6 Å². The molecule has 1 saturated carbocycles. The summed E-state index contributed by atoms with van der Waals surface area (Å²) in [6, 6.07) is 10.5. The monoisotopic (exact) mass is 644 g/mol. The van der Waals surface area contributed by atoms with Gasteiger partial charge in [0, 0.05) is 30.9 Å². The zero-order valence-electron chi connectivity index (χ0n) is 24.0. The third kappa shape index (κ3) is 5.70. The summed E-state index contributed by atoms with van der Waals surface area (Å²) in [5, 5.41) is 23.3. The first-order valence-corrected chi connectivity index (χ1v) is 15.7. The van der Waals surface area contributed by atoms with Gasteiger partial charge in [-0.05, 0) is 79.3 Å². The van der Waals surface area contributed by atoms with E-state index in [1.807, 2.05) is 0 Å². The van der Waals surface area contributed by atoms with Crippen molar-refractivity contribution in [3.8, 4) is 0 Å². The predicted octanol–water partition coefficient (Wildman–Crippen LogP) is 9.72. The Morgan fingerprint density at radius 3 is 1.66 bits per heavy atom. The molecule has 3 fully saturated rings. The fourth-order valence-electron chi connectivity index (χ4n) is 7.59. The molecule has 6 rings (SSSR count). The van der Waals surface area contributed by atoms with Crippen LogP contribution in [-0.2, 0) is 0 Å². The van der Waals surface area contributed by atoms with E-state index in [1.54, 1.807) is 21.9 Å². The molecule has 1 aliphatic carbocycles. The third-order valence-electron chi connectivity index (χ3n) is 9.84. The molecule has 232 valence electrons. The van der Waals surface area contributed by atoms with Gasteiger partial charge < -0.3 is 9.80 Å². The summed E-state index contributed by atoms with van der Waals surface area (Å²) in [6.45, 7) is 1.18. The second kappa shape index (κ2) is 12.1. The lowest BCUT2D eigenvalue weighted by Crippen LogP contribution is -2.41. The molecule has 2 unspecified atom stereocenters. The van der Waals surface area contributed by atoms with Gasteiger partial charge in [-0.15, -0.1) is 0 Å². The van der Waals surface area contributed by atoms with Crippen LogP contribution in [0.1, 0.15) is 81.0 Å². The number of piperidine rings is 1. The molecule has 3 aromatic rings. The van der Waals surface area contributed by atoms with Gasteiger partial charge >= 0.3 is 0 Å². The number of hydrogen-bond donors (Lipinski definition) is 0. The van der Waals surface area contributed by atoms with E-state index in [4.69, 9.17) is 23.2 Å². The van der Waals surface area contributed by atoms with E-state index in [9.17, 15) is 20.2 Å². The van der Waals surface area contributed by atoms with Crippen LogP contribution in [0.5, 0.6) is 0 Å². The standard InChI is InChI=1S/C32H32Cl2F2N4O4/c33-23-6-4-20(16-29(23)39(41)42)27-8-9-28(21-5-7-24(34)30(17-21)40(43)44)38(27)22-18-25(35)31(26(36)19-22)37-14-12-32(13-15-37)10-2-1-3-11-32/h4-7,16-19,27-28H,1-3,8-15H2. The predicted molar refractivity (Wildman–Crippen MR) is 167 cm³/mol. The van der Waals surface area contributed by atoms with Crippen LogP contribution in [0.3, 0.4) is 0 Å². The summed E-state index contributed by atoms with van der Waals surface area (Å²) in [7, 11) is 0. The number of anilines is 2. The van der Waals surface area contributed by atoms with Crippen molar-refractivity contribution >= 4 is 46.0 Å². The highest BCUT2D eigenvalue weighted by Crippen LogP contribution is 2.50. The number of nitrogens with zero attached hydrogens (tertiary/aromatic N) is 4. The molecule has 8 nitrogen and oxygen atoms in total. The van der Waals surface area contributed by atoms with Crippen molar-refractivity contribution in [2.24, 2.45) is 5.41 Å².